The second kappa shape index (κ2) is 9.69. The molecule has 0 radical (unpaired) electrons. The fraction of sp³-hybridized carbons (Fsp3) is 0.308. The van der Waals surface area contributed by atoms with Crippen molar-refractivity contribution in [2.24, 2.45) is 0 Å². The molecule has 2 aliphatic rings. The van der Waals surface area contributed by atoms with Gasteiger partial charge in [0.25, 0.3) is 5.91 Å². The second-order valence-electron chi connectivity index (χ2n) is 8.72. The highest BCUT2D eigenvalue weighted by Crippen LogP contribution is 2.36. The number of morpholine rings is 1. The lowest BCUT2D eigenvalue weighted by Crippen LogP contribution is -2.50. The topological polar surface area (TPSA) is 75.0 Å². The number of carbonyl (C=O) groups excluding carboxylic acids is 2. The van der Waals surface area contributed by atoms with Gasteiger partial charge in [-0.3, -0.25) is 9.59 Å². The highest BCUT2D eigenvalue weighted by molar-refractivity contribution is 6.02. The van der Waals surface area contributed by atoms with Crippen LogP contribution < -0.4 is 10.2 Å². The van der Waals surface area contributed by atoms with Crippen molar-refractivity contribution in [3.8, 4) is 0 Å². The van der Waals surface area contributed by atoms with Crippen LogP contribution in [0.25, 0.3) is 0 Å². The van der Waals surface area contributed by atoms with Gasteiger partial charge in [-0.1, -0.05) is 24.3 Å². The van der Waals surface area contributed by atoms with Gasteiger partial charge >= 0.3 is 6.18 Å². The van der Waals surface area contributed by atoms with E-state index < -0.39 is 29.6 Å². The third kappa shape index (κ3) is 4.81. The quantitative estimate of drug-likeness (QED) is 0.578. The Morgan fingerprint density at radius 3 is 2.42 bits per heavy atom. The second-order valence-corrected chi connectivity index (χ2v) is 8.72. The van der Waals surface area contributed by atoms with E-state index in [2.05, 4.69) is 5.32 Å². The van der Waals surface area contributed by atoms with Crippen LogP contribution in [-0.2, 0) is 28.7 Å². The Labute approximate surface area is 205 Å². The highest BCUT2D eigenvalue weighted by Gasteiger charge is 2.37. The SMILES string of the molecule is O=C(Nc1cc(C(F)(F)F)ccc1N1CCOCC1)[C@H]1Cc2ccccc2CN1C(=O)c1ccco1. The summed E-state index contributed by atoms with van der Waals surface area (Å²) in [5, 5.41) is 2.71. The normalized spacial score (nSPS) is 18.0. The Kier molecular flexibility index (Phi) is 6.44. The predicted octanol–water partition coefficient (Wildman–Crippen LogP) is 4.34. The van der Waals surface area contributed by atoms with Crippen molar-refractivity contribution in [3.63, 3.8) is 0 Å². The summed E-state index contributed by atoms with van der Waals surface area (Å²) < 4.78 is 51.2. The Morgan fingerprint density at radius 1 is 0.972 bits per heavy atom. The molecule has 3 heterocycles. The zero-order valence-electron chi connectivity index (χ0n) is 19.3. The molecule has 2 aliphatic heterocycles. The average Bonchev–Trinajstić information content (AvgIpc) is 3.42. The minimum Gasteiger partial charge on any atom is -0.459 e. The molecule has 36 heavy (non-hydrogen) atoms. The first-order valence-electron chi connectivity index (χ1n) is 11.6. The largest absolute Gasteiger partial charge is 0.459 e. The molecule has 1 N–H and O–H groups in total. The number of alkyl halides is 3. The number of furan rings is 1. The summed E-state index contributed by atoms with van der Waals surface area (Å²) in [7, 11) is 0. The number of amides is 2. The molecule has 188 valence electrons. The van der Waals surface area contributed by atoms with Crippen LogP contribution in [0.2, 0.25) is 0 Å². The molecule has 3 aromatic rings. The zero-order valence-corrected chi connectivity index (χ0v) is 19.3. The number of fused-ring (bicyclic) bond motifs is 1. The number of ether oxygens (including phenoxy) is 1. The molecule has 0 aliphatic carbocycles. The third-order valence-corrected chi connectivity index (χ3v) is 6.48. The molecule has 0 spiro atoms. The molecule has 0 unspecified atom stereocenters. The molecule has 1 fully saturated rings. The van der Waals surface area contributed by atoms with E-state index in [1.54, 1.807) is 6.07 Å². The predicted molar refractivity (Wildman–Crippen MR) is 126 cm³/mol. The van der Waals surface area contributed by atoms with E-state index >= 15 is 0 Å². The summed E-state index contributed by atoms with van der Waals surface area (Å²) >= 11 is 0. The van der Waals surface area contributed by atoms with Crippen molar-refractivity contribution in [2.75, 3.05) is 36.5 Å². The van der Waals surface area contributed by atoms with Crippen LogP contribution in [-0.4, -0.2) is 49.1 Å². The first-order chi connectivity index (χ1) is 17.3. The maximum absolute atomic E-state index is 13.6. The summed E-state index contributed by atoms with van der Waals surface area (Å²) in [5.41, 5.74) is 1.45. The lowest BCUT2D eigenvalue weighted by atomic mass is 9.93. The third-order valence-electron chi connectivity index (χ3n) is 6.48. The number of rotatable bonds is 4. The number of hydrogen-bond donors (Lipinski definition) is 1. The van der Waals surface area contributed by atoms with Gasteiger partial charge in [0, 0.05) is 26.1 Å². The van der Waals surface area contributed by atoms with Gasteiger partial charge in [0.05, 0.1) is 36.4 Å². The van der Waals surface area contributed by atoms with Gasteiger partial charge in [0.2, 0.25) is 5.91 Å². The molecule has 1 aromatic heterocycles. The molecule has 7 nitrogen and oxygen atoms in total. The van der Waals surface area contributed by atoms with Crippen LogP contribution >= 0.6 is 0 Å². The van der Waals surface area contributed by atoms with Crippen LogP contribution in [0.3, 0.4) is 0 Å². The molecule has 1 saturated heterocycles. The van der Waals surface area contributed by atoms with Gasteiger partial charge in [-0.15, -0.1) is 0 Å². The van der Waals surface area contributed by atoms with Crippen LogP contribution in [0.5, 0.6) is 0 Å². The van der Waals surface area contributed by atoms with Gasteiger partial charge in [-0.25, -0.2) is 0 Å². The van der Waals surface area contributed by atoms with Crippen molar-refractivity contribution < 1.29 is 31.9 Å². The lowest BCUT2D eigenvalue weighted by molar-refractivity contribution is -0.137. The highest BCUT2D eigenvalue weighted by atomic mass is 19.4. The first-order valence-corrected chi connectivity index (χ1v) is 11.6. The Bertz CT molecular complexity index is 1250. The van der Waals surface area contributed by atoms with Crippen LogP contribution in [0.1, 0.15) is 27.2 Å². The van der Waals surface area contributed by atoms with Gasteiger partial charge in [-0.2, -0.15) is 13.2 Å². The molecule has 10 heteroatoms. The number of nitrogens with one attached hydrogen (secondary N) is 1. The maximum atomic E-state index is 13.6. The summed E-state index contributed by atoms with van der Waals surface area (Å²) in [4.78, 5) is 30.1. The van der Waals surface area contributed by atoms with Gasteiger partial charge in [0.1, 0.15) is 6.04 Å². The average molecular weight is 499 g/mol. The molecular weight excluding hydrogens is 475 g/mol. The van der Waals surface area contributed by atoms with E-state index in [0.29, 0.717) is 32.0 Å². The summed E-state index contributed by atoms with van der Waals surface area (Å²) in [6.07, 6.45) is -2.98. The summed E-state index contributed by atoms with van der Waals surface area (Å²) in [6.45, 7) is 1.99. The smallest absolute Gasteiger partial charge is 0.416 e. The first kappa shape index (κ1) is 23.9. The van der Waals surface area contributed by atoms with Crippen molar-refractivity contribution in [1.82, 2.24) is 4.90 Å². The van der Waals surface area contributed by atoms with E-state index in [4.69, 9.17) is 9.15 Å². The number of carbonyl (C=O) groups is 2. The molecule has 2 amide bonds. The Balaban J connectivity index is 1.48. The number of anilines is 2. The number of nitrogens with zero attached hydrogens (tertiary/aromatic N) is 2. The van der Waals surface area contributed by atoms with Crippen molar-refractivity contribution in [1.29, 1.82) is 0 Å². The molecular formula is C26H24F3N3O4. The number of halogens is 3. The monoisotopic (exact) mass is 499 g/mol. The van der Waals surface area contributed by atoms with Crippen LogP contribution in [0.15, 0.2) is 65.3 Å². The van der Waals surface area contributed by atoms with E-state index in [-0.39, 0.29) is 24.4 Å². The van der Waals surface area contributed by atoms with Gasteiger partial charge in [0.15, 0.2) is 5.76 Å². The standard InChI is InChI=1S/C26H24F3N3O4/c27-26(28,29)19-7-8-21(31-9-12-35-13-10-31)20(15-19)30-24(33)22-14-17-4-1-2-5-18(17)16-32(22)25(34)23-6-3-11-36-23/h1-8,11,15,22H,9-10,12-14,16H2,(H,30,33)/t22-/m1/s1. The minimum absolute atomic E-state index is 0.0426. The van der Waals surface area contributed by atoms with E-state index in [0.717, 1.165) is 23.3 Å². The van der Waals surface area contributed by atoms with Crippen molar-refractivity contribution in [3.05, 3.63) is 83.3 Å². The van der Waals surface area contributed by atoms with Gasteiger partial charge in [-0.05, 0) is 41.5 Å². The van der Waals surface area contributed by atoms with Crippen molar-refractivity contribution in [2.45, 2.75) is 25.2 Å². The molecule has 0 bridgehead atoms. The van der Waals surface area contributed by atoms with E-state index in [1.807, 2.05) is 29.2 Å². The fourth-order valence-corrected chi connectivity index (χ4v) is 4.62. The fourth-order valence-electron chi connectivity index (χ4n) is 4.62. The van der Waals surface area contributed by atoms with Gasteiger partial charge < -0.3 is 24.3 Å². The van der Waals surface area contributed by atoms with E-state index in [9.17, 15) is 22.8 Å². The lowest BCUT2D eigenvalue weighted by Gasteiger charge is -2.36. The molecule has 0 saturated carbocycles. The number of hydrogen-bond acceptors (Lipinski definition) is 5. The zero-order chi connectivity index (χ0) is 25.3. The molecule has 5 rings (SSSR count). The minimum atomic E-state index is -4.58. The summed E-state index contributed by atoms with van der Waals surface area (Å²) in [6, 6.07) is 12.9. The van der Waals surface area contributed by atoms with Crippen LogP contribution in [0, 0.1) is 0 Å². The van der Waals surface area contributed by atoms with E-state index in [1.165, 1.54) is 23.3 Å². The maximum Gasteiger partial charge on any atom is 0.416 e. The molecule has 2 aromatic carbocycles. The Morgan fingerprint density at radius 2 is 1.72 bits per heavy atom. The summed E-state index contributed by atoms with van der Waals surface area (Å²) in [5.74, 6) is -0.953. The van der Waals surface area contributed by atoms with Crippen LogP contribution in [0.4, 0.5) is 24.5 Å². The van der Waals surface area contributed by atoms with Crippen molar-refractivity contribution >= 4 is 23.2 Å². The molecule has 1 atom stereocenters. The Hall–Kier alpha value is -3.79. The number of benzene rings is 2.